The number of aliphatic hydroxyl groups is 1. The molecule has 0 saturated carbocycles. The van der Waals surface area contributed by atoms with Gasteiger partial charge in [-0.25, -0.2) is 17.4 Å². The van der Waals surface area contributed by atoms with Gasteiger partial charge < -0.3 is 29.4 Å². The Morgan fingerprint density at radius 1 is 1.00 bits per heavy atom. The van der Waals surface area contributed by atoms with Gasteiger partial charge in [-0.3, -0.25) is 9.97 Å². The third-order valence-electron chi connectivity index (χ3n) is 8.34. The number of aromatic nitrogens is 5. The van der Waals surface area contributed by atoms with Gasteiger partial charge in [-0.2, -0.15) is 4.98 Å². The lowest BCUT2D eigenvalue weighted by atomic mass is 10.0. The van der Waals surface area contributed by atoms with Crippen molar-refractivity contribution in [1.29, 1.82) is 0 Å². The smallest absolute Gasteiger partial charge is 0.269 e. The van der Waals surface area contributed by atoms with Crippen molar-refractivity contribution in [3.8, 4) is 28.4 Å². The average molecular weight is 697 g/mol. The van der Waals surface area contributed by atoms with Crippen molar-refractivity contribution in [2.24, 2.45) is 0 Å². The van der Waals surface area contributed by atoms with Gasteiger partial charge in [0.1, 0.15) is 30.5 Å². The van der Waals surface area contributed by atoms with Crippen LogP contribution in [0.5, 0.6) is 17.2 Å². The molecule has 2 aromatic carbocycles. The van der Waals surface area contributed by atoms with Crippen molar-refractivity contribution in [2.75, 3.05) is 32.2 Å². The fraction of sp³-hybridized carbons (Fsp3) is 0.278. The molecule has 0 radical (unpaired) electrons. The molecular weight excluding hydrogens is 660 g/mol. The number of benzene rings is 2. The van der Waals surface area contributed by atoms with Crippen LogP contribution in [0.25, 0.3) is 33.1 Å². The molecule has 0 aliphatic carbocycles. The Morgan fingerprint density at radius 2 is 1.84 bits per heavy atom. The van der Waals surface area contributed by atoms with Crippen molar-refractivity contribution in [2.45, 2.75) is 44.0 Å². The van der Waals surface area contributed by atoms with Crippen LogP contribution in [0.15, 0.2) is 84.3 Å². The zero-order valence-electron chi connectivity index (χ0n) is 27.6. The van der Waals surface area contributed by atoms with E-state index in [9.17, 15) is 8.42 Å². The maximum Gasteiger partial charge on any atom is 0.269 e. The number of rotatable bonds is 12. The van der Waals surface area contributed by atoms with Gasteiger partial charge >= 0.3 is 0 Å². The highest BCUT2D eigenvalue weighted by molar-refractivity contribution is 7.90. The van der Waals surface area contributed by atoms with Crippen LogP contribution in [0.4, 0.5) is 5.95 Å². The van der Waals surface area contributed by atoms with Crippen molar-refractivity contribution in [1.82, 2.24) is 23.9 Å². The fourth-order valence-corrected chi connectivity index (χ4v) is 7.46. The topological polar surface area (TPSA) is 160 Å². The van der Waals surface area contributed by atoms with E-state index in [-0.39, 0.29) is 42.6 Å². The number of nitrogens with one attached hydrogen (secondary N) is 1. The number of aryl methyl sites for hydroxylation is 1. The Bertz CT molecular complexity index is 2270. The van der Waals surface area contributed by atoms with Crippen molar-refractivity contribution in [3.05, 3.63) is 90.6 Å². The first kappa shape index (κ1) is 33.2. The van der Waals surface area contributed by atoms with Crippen LogP contribution in [0.1, 0.15) is 30.5 Å². The Labute approximate surface area is 288 Å². The Kier molecular flexibility index (Phi) is 9.48. The van der Waals surface area contributed by atoms with E-state index in [4.69, 9.17) is 29.0 Å². The first-order valence-corrected chi connectivity index (χ1v) is 17.7. The summed E-state index contributed by atoms with van der Waals surface area (Å²) in [6, 6.07) is 16.1. The van der Waals surface area contributed by atoms with E-state index in [1.165, 1.54) is 16.4 Å². The Balaban J connectivity index is 1.36. The summed E-state index contributed by atoms with van der Waals surface area (Å²) >= 11 is 0. The SMILES string of the molecule is CNc1nc(COc2cncc(OCCO)c2)c2c(-c3ccc4ncc(OC5CCCCO5)cc4c3)cn(S(=O)(=O)c3ccccc3C)c2n1. The lowest BCUT2D eigenvalue weighted by molar-refractivity contribution is -0.106. The second kappa shape index (κ2) is 14.3. The van der Waals surface area contributed by atoms with Crippen LogP contribution in [0.2, 0.25) is 0 Å². The largest absolute Gasteiger partial charge is 0.489 e. The molecule has 1 saturated heterocycles. The zero-order chi connectivity index (χ0) is 34.7. The Morgan fingerprint density at radius 3 is 2.62 bits per heavy atom. The van der Waals surface area contributed by atoms with Crippen LogP contribution in [0.3, 0.4) is 0 Å². The van der Waals surface area contributed by atoms with Gasteiger partial charge in [0.05, 0.1) is 53.3 Å². The summed E-state index contributed by atoms with van der Waals surface area (Å²) in [5.74, 6) is 1.63. The highest BCUT2D eigenvalue weighted by Crippen LogP contribution is 2.37. The highest BCUT2D eigenvalue weighted by Gasteiger charge is 2.27. The van der Waals surface area contributed by atoms with Crippen LogP contribution in [0, 0.1) is 6.92 Å². The van der Waals surface area contributed by atoms with E-state index >= 15 is 0 Å². The number of anilines is 1. The second-order valence-corrected chi connectivity index (χ2v) is 13.5. The number of nitrogens with zero attached hydrogens (tertiary/aromatic N) is 5. The lowest BCUT2D eigenvalue weighted by Gasteiger charge is -2.23. The molecule has 1 aliphatic heterocycles. The zero-order valence-corrected chi connectivity index (χ0v) is 28.4. The number of hydrogen-bond donors (Lipinski definition) is 2. The standard InChI is InChI=1S/C36H36N6O7S/c1-23-7-3-4-8-32(23)50(44,45)42-21-29(24-10-11-30-25(15-24)16-28(20-39-30)49-33-9-5-6-13-47-33)34-31(40-36(37-2)41-35(34)42)22-48-27-17-26(18-38-19-27)46-14-12-43/h3-4,7-8,10-11,15-21,33,43H,5-6,9,12-14,22H2,1-2H3,(H,37,40,41). The number of aliphatic hydroxyl groups excluding tert-OH is 1. The van der Waals surface area contributed by atoms with E-state index in [1.54, 1.807) is 56.7 Å². The monoisotopic (exact) mass is 696 g/mol. The maximum atomic E-state index is 14.3. The maximum absolute atomic E-state index is 14.3. The molecule has 7 rings (SSSR count). The molecule has 4 aromatic heterocycles. The van der Waals surface area contributed by atoms with E-state index < -0.39 is 10.0 Å². The minimum atomic E-state index is -4.11. The van der Waals surface area contributed by atoms with E-state index in [2.05, 4.69) is 20.3 Å². The lowest BCUT2D eigenvalue weighted by Crippen LogP contribution is -2.24. The molecule has 0 amide bonds. The predicted molar refractivity (Wildman–Crippen MR) is 187 cm³/mol. The molecule has 1 aliphatic rings. The summed E-state index contributed by atoms with van der Waals surface area (Å²) in [7, 11) is -2.45. The fourth-order valence-electron chi connectivity index (χ4n) is 5.91. The molecule has 1 unspecified atom stereocenters. The summed E-state index contributed by atoms with van der Waals surface area (Å²) < 4.78 is 53.4. The molecule has 14 heteroatoms. The average Bonchev–Trinajstić information content (AvgIpc) is 3.54. The molecule has 0 bridgehead atoms. The molecule has 0 spiro atoms. The summed E-state index contributed by atoms with van der Waals surface area (Å²) in [5.41, 5.74) is 3.28. The van der Waals surface area contributed by atoms with E-state index in [1.807, 2.05) is 24.3 Å². The molecule has 5 heterocycles. The van der Waals surface area contributed by atoms with Gasteiger partial charge in [-0.1, -0.05) is 24.3 Å². The first-order chi connectivity index (χ1) is 24.3. The normalized spacial score (nSPS) is 14.9. The van der Waals surface area contributed by atoms with Gasteiger partial charge in [0.25, 0.3) is 10.0 Å². The third kappa shape index (κ3) is 6.77. The molecule has 1 atom stereocenters. The van der Waals surface area contributed by atoms with E-state index in [0.717, 1.165) is 35.7 Å². The van der Waals surface area contributed by atoms with Gasteiger partial charge in [-0.15, -0.1) is 0 Å². The van der Waals surface area contributed by atoms with Gasteiger partial charge in [0.15, 0.2) is 11.9 Å². The molecule has 1 fully saturated rings. The summed E-state index contributed by atoms with van der Waals surface area (Å²) in [6.45, 7) is 2.34. The number of ether oxygens (including phenoxy) is 4. The van der Waals surface area contributed by atoms with Crippen molar-refractivity contribution >= 4 is 37.9 Å². The van der Waals surface area contributed by atoms with Gasteiger partial charge in [-0.05, 0) is 55.2 Å². The van der Waals surface area contributed by atoms with Crippen molar-refractivity contribution in [3.63, 3.8) is 0 Å². The molecule has 258 valence electrons. The van der Waals surface area contributed by atoms with Gasteiger partial charge in [0.2, 0.25) is 5.95 Å². The van der Waals surface area contributed by atoms with Crippen LogP contribution < -0.4 is 19.5 Å². The molecule has 13 nitrogen and oxygen atoms in total. The molecule has 50 heavy (non-hydrogen) atoms. The Hall–Kier alpha value is -5.31. The summed E-state index contributed by atoms with van der Waals surface area (Å²) in [6.07, 6.45) is 8.85. The predicted octanol–water partition coefficient (Wildman–Crippen LogP) is 5.48. The summed E-state index contributed by atoms with van der Waals surface area (Å²) in [5, 5.41) is 13.4. The minimum Gasteiger partial charge on any atom is -0.489 e. The van der Waals surface area contributed by atoms with Crippen LogP contribution in [-0.4, -0.2) is 70.6 Å². The number of fused-ring (bicyclic) bond motifs is 2. The van der Waals surface area contributed by atoms with Crippen LogP contribution in [-0.2, 0) is 21.4 Å². The molecule has 2 N–H and O–H groups in total. The third-order valence-corrected chi connectivity index (χ3v) is 10.1. The number of pyridine rings is 2. The molecule has 6 aromatic rings. The summed E-state index contributed by atoms with van der Waals surface area (Å²) in [4.78, 5) is 18.3. The number of hydrogen-bond acceptors (Lipinski definition) is 12. The first-order valence-electron chi connectivity index (χ1n) is 16.2. The van der Waals surface area contributed by atoms with Crippen LogP contribution >= 0.6 is 0 Å². The molecular formula is C36H36N6O7S. The highest BCUT2D eigenvalue weighted by atomic mass is 32.2. The van der Waals surface area contributed by atoms with Gasteiger partial charge in [0, 0.05) is 36.7 Å². The van der Waals surface area contributed by atoms with E-state index in [0.29, 0.717) is 46.1 Å². The second-order valence-electron chi connectivity index (χ2n) is 11.8. The quantitative estimate of drug-likeness (QED) is 0.166. The minimum absolute atomic E-state index is 0.0469. The van der Waals surface area contributed by atoms with Crippen molar-refractivity contribution < 1.29 is 32.5 Å².